The number of allylic oxidation sites excluding steroid dienone is 16. The number of hydrogen-bond acceptors (Lipinski definition) is 4. The van der Waals surface area contributed by atoms with Gasteiger partial charge >= 0.3 is 0 Å². The zero-order valence-electron chi connectivity index (χ0n) is 34.9. The number of rotatable bonds is 5. The lowest BCUT2D eigenvalue weighted by atomic mass is 9.80. The number of hydrogen-bond donors (Lipinski definition) is 1. The van der Waals surface area contributed by atoms with Gasteiger partial charge in [-0.3, -0.25) is 0 Å². The van der Waals surface area contributed by atoms with Gasteiger partial charge in [-0.2, -0.15) is 0 Å². The van der Waals surface area contributed by atoms with Crippen molar-refractivity contribution in [3.63, 3.8) is 0 Å². The molecule has 5 atom stereocenters. The van der Waals surface area contributed by atoms with E-state index < -0.39 is 0 Å². The smallest absolute Gasteiger partial charge is 0.154 e. The minimum Gasteiger partial charge on any atom is -0.344 e. The van der Waals surface area contributed by atoms with E-state index in [2.05, 4.69) is 179 Å². The number of amidine groups is 2. The first-order valence-electron chi connectivity index (χ1n) is 22.9. The molecule has 302 valence electrons. The molecule has 0 saturated carbocycles. The molecule has 0 saturated heterocycles. The Hall–Kier alpha value is -6.72. The molecular formula is C57H49N5. The van der Waals surface area contributed by atoms with Crippen molar-refractivity contribution in [2.24, 2.45) is 27.7 Å². The van der Waals surface area contributed by atoms with Crippen LogP contribution in [0.5, 0.6) is 0 Å². The standard InChI is InChI=1S/C57H49N5/c1-3-17-38(18-4-1)55-58-56(39-19-5-2-6-20-39)60-57(59-55)47-31-28-37-16-10-12-24-44(37)54(47)62-51-32-29-42(35-49(51)48-33-40-21-7-8-22-41(40)34-52(48)62)61-50-26-14-13-25-45(50)46-30-27-36-15-9-11-23-43(36)53(46)61/h1,3-4,7-19,21-27,30-31,34-37,43,48,55H,2,5-6,20,28-29,32-33H2,(H,58,59,60). The molecule has 9 aliphatic rings. The van der Waals surface area contributed by atoms with E-state index in [0.717, 1.165) is 55.8 Å². The third-order valence-electron chi connectivity index (χ3n) is 14.7. The van der Waals surface area contributed by atoms with E-state index in [1.807, 2.05) is 0 Å². The number of benzene rings is 3. The number of aliphatic imine (C=N–C) groups is 2. The van der Waals surface area contributed by atoms with Crippen molar-refractivity contribution in [1.29, 1.82) is 0 Å². The second kappa shape index (κ2) is 14.4. The molecule has 4 aromatic rings. The molecule has 1 N–H and O–H groups in total. The van der Waals surface area contributed by atoms with E-state index >= 15 is 0 Å². The number of para-hydroxylation sites is 1. The van der Waals surface area contributed by atoms with Crippen LogP contribution < -0.4 is 5.32 Å². The van der Waals surface area contributed by atoms with Crippen LogP contribution in [0.2, 0.25) is 0 Å². The Morgan fingerprint density at radius 3 is 2.53 bits per heavy atom. The molecule has 5 unspecified atom stereocenters. The molecule has 3 aromatic carbocycles. The fraction of sp³-hybridized carbons (Fsp3) is 0.228. The first kappa shape index (κ1) is 36.0. The van der Waals surface area contributed by atoms with Crippen LogP contribution in [0.1, 0.15) is 85.0 Å². The Bertz CT molecular complexity index is 3010. The summed E-state index contributed by atoms with van der Waals surface area (Å²) in [6.45, 7) is 0. The Labute approximate surface area is 364 Å². The van der Waals surface area contributed by atoms with Gasteiger partial charge < -0.3 is 14.8 Å². The minimum absolute atomic E-state index is 0.221. The van der Waals surface area contributed by atoms with Crippen LogP contribution in [-0.4, -0.2) is 21.1 Å². The Kier molecular flexibility index (Phi) is 8.38. The molecule has 0 radical (unpaired) electrons. The van der Waals surface area contributed by atoms with Crippen LogP contribution >= 0.6 is 0 Å². The van der Waals surface area contributed by atoms with E-state index in [4.69, 9.17) is 9.98 Å². The van der Waals surface area contributed by atoms with Crippen molar-refractivity contribution in [2.45, 2.75) is 63.5 Å². The molecule has 5 heteroatoms. The zero-order valence-corrected chi connectivity index (χ0v) is 34.9. The number of nitrogens with one attached hydrogen (secondary N) is 1. The summed E-state index contributed by atoms with van der Waals surface area (Å²) >= 11 is 0. The van der Waals surface area contributed by atoms with Gasteiger partial charge in [0.05, 0.1) is 11.2 Å². The van der Waals surface area contributed by atoms with E-state index in [-0.39, 0.29) is 12.1 Å². The van der Waals surface area contributed by atoms with Gasteiger partial charge in [0.1, 0.15) is 12.0 Å². The Morgan fingerprint density at radius 2 is 1.60 bits per heavy atom. The number of aromatic nitrogens is 1. The van der Waals surface area contributed by atoms with Crippen LogP contribution in [-0.2, 0) is 6.42 Å². The van der Waals surface area contributed by atoms with Gasteiger partial charge in [0.2, 0.25) is 0 Å². The highest BCUT2D eigenvalue weighted by Crippen LogP contribution is 2.54. The molecular weight excluding hydrogens is 755 g/mol. The predicted molar refractivity (Wildman–Crippen MR) is 255 cm³/mol. The average molecular weight is 804 g/mol. The van der Waals surface area contributed by atoms with Crippen molar-refractivity contribution >= 4 is 40.4 Å². The van der Waals surface area contributed by atoms with Crippen molar-refractivity contribution in [3.8, 4) is 0 Å². The minimum atomic E-state index is -0.221. The van der Waals surface area contributed by atoms with Crippen LogP contribution in [0.15, 0.2) is 201 Å². The Morgan fingerprint density at radius 1 is 0.726 bits per heavy atom. The zero-order chi connectivity index (χ0) is 40.7. The van der Waals surface area contributed by atoms with Crippen molar-refractivity contribution in [2.75, 3.05) is 0 Å². The quantitative estimate of drug-likeness (QED) is 0.218. The second-order valence-electron chi connectivity index (χ2n) is 18.1. The second-order valence-corrected chi connectivity index (χ2v) is 18.1. The van der Waals surface area contributed by atoms with Gasteiger partial charge in [-0.1, -0.05) is 146 Å². The molecule has 3 heterocycles. The summed E-state index contributed by atoms with van der Waals surface area (Å²) in [4.78, 5) is 13.5. The first-order valence-corrected chi connectivity index (χ1v) is 22.9. The van der Waals surface area contributed by atoms with Crippen molar-refractivity contribution in [1.82, 2.24) is 14.8 Å². The molecule has 0 spiro atoms. The lowest BCUT2D eigenvalue weighted by molar-refractivity contribution is 0.489. The highest BCUT2D eigenvalue weighted by molar-refractivity contribution is 6.14. The van der Waals surface area contributed by atoms with E-state index in [1.165, 1.54) is 91.2 Å². The maximum atomic E-state index is 5.51. The van der Waals surface area contributed by atoms with Gasteiger partial charge in [0.15, 0.2) is 5.84 Å². The summed E-state index contributed by atoms with van der Waals surface area (Å²) in [5, 5.41) is 5.25. The first-order chi connectivity index (χ1) is 30.7. The SMILES string of the molecule is C1=CC2=C(N3C4=Cc5ccccc5CC4C4=C3CCC(n3c5c(c6ccccc63)C=CC3C=CC=CC53)=C4)C(C3=NC(C4=CCCCC4)=NC(c4ccccc4)N3)=CCC2C=C1. The molecule has 0 fully saturated rings. The van der Waals surface area contributed by atoms with E-state index in [0.29, 0.717) is 17.8 Å². The topological polar surface area (TPSA) is 44.9 Å². The van der Waals surface area contributed by atoms with Gasteiger partial charge in [-0.15, -0.1) is 0 Å². The normalized spacial score (nSPS) is 26.6. The van der Waals surface area contributed by atoms with Crippen LogP contribution in [0.4, 0.5) is 0 Å². The van der Waals surface area contributed by atoms with Gasteiger partial charge in [-0.25, -0.2) is 9.98 Å². The van der Waals surface area contributed by atoms with Gasteiger partial charge in [0.25, 0.3) is 0 Å². The lowest BCUT2D eigenvalue weighted by Crippen LogP contribution is -2.38. The summed E-state index contributed by atoms with van der Waals surface area (Å²) < 4.78 is 2.66. The predicted octanol–water partition coefficient (Wildman–Crippen LogP) is 12.8. The maximum absolute atomic E-state index is 5.51. The van der Waals surface area contributed by atoms with E-state index in [1.54, 1.807) is 0 Å². The molecule has 7 aliphatic carbocycles. The molecule has 1 aromatic heterocycles. The molecule has 5 nitrogen and oxygen atoms in total. The molecule has 0 bridgehead atoms. The van der Waals surface area contributed by atoms with Crippen LogP contribution in [0, 0.1) is 17.8 Å². The molecule has 0 amide bonds. The van der Waals surface area contributed by atoms with Crippen LogP contribution in [0.3, 0.4) is 0 Å². The highest BCUT2D eigenvalue weighted by Gasteiger charge is 2.44. The molecule has 62 heavy (non-hydrogen) atoms. The summed E-state index contributed by atoms with van der Waals surface area (Å²) in [6, 6.07) is 28.8. The Balaban J connectivity index is 0.998. The fourth-order valence-electron chi connectivity index (χ4n) is 11.8. The summed E-state index contributed by atoms with van der Waals surface area (Å²) in [7, 11) is 0. The van der Waals surface area contributed by atoms with Crippen LogP contribution in [0.25, 0.3) is 28.8 Å². The van der Waals surface area contributed by atoms with E-state index in [9.17, 15) is 0 Å². The third kappa shape index (κ3) is 5.67. The monoisotopic (exact) mass is 803 g/mol. The third-order valence-corrected chi connectivity index (χ3v) is 14.7. The summed E-state index contributed by atoms with van der Waals surface area (Å²) in [5.74, 6) is 3.03. The fourth-order valence-corrected chi connectivity index (χ4v) is 11.8. The summed E-state index contributed by atoms with van der Waals surface area (Å²) in [6.07, 6.45) is 41.4. The number of fused-ring (bicyclic) bond motifs is 9. The molecule has 2 aliphatic heterocycles. The summed E-state index contributed by atoms with van der Waals surface area (Å²) in [5.41, 5.74) is 18.8. The maximum Gasteiger partial charge on any atom is 0.154 e. The highest BCUT2D eigenvalue weighted by atomic mass is 15.2. The molecule has 13 rings (SSSR count). The largest absolute Gasteiger partial charge is 0.344 e. The average Bonchev–Trinajstić information content (AvgIpc) is 3.85. The van der Waals surface area contributed by atoms with Crippen molar-refractivity contribution < 1.29 is 0 Å². The van der Waals surface area contributed by atoms with Crippen molar-refractivity contribution in [3.05, 3.63) is 219 Å². The van der Waals surface area contributed by atoms with Gasteiger partial charge in [0, 0.05) is 63.0 Å². The lowest BCUT2D eigenvalue weighted by Gasteiger charge is -2.38. The number of nitrogens with zero attached hydrogens (tertiary/aromatic N) is 4. The van der Waals surface area contributed by atoms with Gasteiger partial charge in [-0.05, 0) is 103 Å².